The molecule has 1 unspecified atom stereocenters. The number of aryl methyl sites for hydroxylation is 1. The van der Waals surface area contributed by atoms with Crippen LogP contribution >= 0.6 is 0 Å². The van der Waals surface area contributed by atoms with Crippen molar-refractivity contribution in [2.24, 2.45) is 5.73 Å². The van der Waals surface area contributed by atoms with Crippen molar-refractivity contribution in [3.05, 3.63) is 40.8 Å². The molecule has 2 aromatic rings. The molecule has 0 aliphatic carbocycles. The Morgan fingerprint density at radius 3 is 2.72 bits per heavy atom. The number of primary amides is 1. The van der Waals surface area contributed by atoms with Crippen LogP contribution in [-0.2, 0) is 4.79 Å². The van der Waals surface area contributed by atoms with Crippen LogP contribution in [0.1, 0.15) is 52.6 Å². The lowest BCUT2D eigenvalue weighted by molar-refractivity contribution is -0.116. The summed E-state index contributed by atoms with van der Waals surface area (Å²) in [5.74, 6) is -0.187. The summed E-state index contributed by atoms with van der Waals surface area (Å²) in [7, 11) is 0. The van der Waals surface area contributed by atoms with Crippen LogP contribution in [0.4, 0.5) is 11.4 Å². The van der Waals surface area contributed by atoms with E-state index in [2.05, 4.69) is 15.4 Å². The van der Waals surface area contributed by atoms with E-state index in [4.69, 9.17) is 10.3 Å². The number of nitrogens with one attached hydrogen (secondary N) is 1. The fraction of sp³-hybridized carbons (Fsp3) is 0.389. The first kappa shape index (κ1) is 15.7. The topological polar surface area (TPSA) is 101 Å². The number of fused-ring (bicyclic) bond motifs is 1. The fourth-order valence-electron chi connectivity index (χ4n) is 3.72. The quantitative estimate of drug-likeness (QED) is 0.891. The van der Waals surface area contributed by atoms with Gasteiger partial charge in [-0.05, 0) is 37.5 Å². The van der Waals surface area contributed by atoms with Crippen molar-refractivity contribution in [3.8, 4) is 0 Å². The molecule has 0 bridgehead atoms. The van der Waals surface area contributed by atoms with Crippen molar-refractivity contribution < 1.29 is 14.1 Å². The first-order chi connectivity index (χ1) is 12.0. The van der Waals surface area contributed by atoms with Gasteiger partial charge in [-0.1, -0.05) is 5.16 Å². The van der Waals surface area contributed by atoms with Gasteiger partial charge in [-0.15, -0.1) is 0 Å². The van der Waals surface area contributed by atoms with E-state index >= 15 is 0 Å². The van der Waals surface area contributed by atoms with Gasteiger partial charge in [0.2, 0.25) is 5.91 Å². The van der Waals surface area contributed by atoms with E-state index in [1.165, 1.54) is 0 Å². The van der Waals surface area contributed by atoms with Crippen LogP contribution in [-0.4, -0.2) is 30.1 Å². The highest BCUT2D eigenvalue weighted by atomic mass is 16.5. The summed E-state index contributed by atoms with van der Waals surface area (Å²) in [5.41, 5.74) is 9.22. The van der Waals surface area contributed by atoms with Crippen LogP contribution in [0.25, 0.3) is 0 Å². The maximum atomic E-state index is 12.2. The molecule has 2 amide bonds. The van der Waals surface area contributed by atoms with Crippen LogP contribution in [0.3, 0.4) is 0 Å². The van der Waals surface area contributed by atoms with Crippen molar-refractivity contribution in [2.45, 2.75) is 32.1 Å². The van der Waals surface area contributed by atoms with Crippen molar-refractivity contribution >= 4 is 23.2 Å². The molecule has 7 nitrogen and oxygen atoms in total. The number of carbonyl (C=O) groups is 2. The highest BCUT2D eigenvalue weighted by Crippen LogP contribution is 2.41. The lowest BCUT2D eigenvalue weighted by atomic mass is 9.86. The molecule has 1 saturated heterocycles. The molecule has 4 rings (SSSR count). The van der Waals surface area contributed by atoms with Gasteiger partial charge in [0.1, 0.15) is 5.76 Å². The minimum absolute atomic E-state index is 0.0780. The van der Waals surface area contributed by atoms with E-state index in [1.54, 1.807) is 6.07 Å². The third kappa shape index (κ3) is 2.75. The molecule has 7 heteroatoms. The maximum Gasteiger partial charge on any atom is 0.250 e. The van der Waals surface area contributed by atoms with E-state index in [-0.39, 0.29) is 18.2 Å². The average Bonchev–Trinajstić information content (AvgIpc) is 3.24. The fourth-order valence-corrected chi connectivity index (χ4v) is 3.72. The Morgan fingerprint density at radius 2 is 2.08 bits per heavy atom. The highest BCUT2D eigenvalue weighted by molar-refractivity contribution is 6.02. The predicted molar refractivity (Wildman–Crippen MR) is 92.7 cm³/mol. The molecule has 3 N–H and O–H groups in total. The van der Waals surface area contributed by atoms with Gasteiger partial charge in [-0.2, -0.15) is 0 Å². The second-order valence-corrected chi connectivity index (χ2v) is 6.69. The van der Waals surface area contributed by atoms with Crippen LogP contribution in [0.2, 0.25) is 0 Å². The molecule has 0 saturated carbocycles. The molecule has 1 aromatic heterocycles. The molecule has 0 spiro atoms. The summed E-state index contributed by atoms with van der Waals surface area (Å²) in [6, 6.07) is 5.49. The van der Waals surface area contributed by atoms with Crippen molar-refractivity contribution in [3.63, 3.8) is 0 Å². The molecule has 1 aromatic carbocycles. The van der Waals surface area contributed by atoms with Gasteiger partial charge in [-0.25, -0.2) is 0 Å². The molecule has 1 atom stereocenters. The Labute approximate surface area is 145 Å². The number of nitrogens with two attached hydrogens (primary N) is 1. The van der Waals surface area contributed by atoms with Gasteiger partial charge in [0, 0.05) is 31.3 Å². The minimum atomic E-state index is -0.464. The summed E-state index contributed by atoms with van der Waals surface area (Å²) < 4.78 is 5.38. The molecule has 2 aliphatic heterocycles. The number of carbonyl (C=O) groups excluding carboxylic acids is 2. The largest absolute Gasteiger partial charge is 0.371 e. The summed E-state index contributed by atoms with van der Waals surface area (Å²) in [6.45, 7) is 3.61. The highest BCUT2D eigenvalue weighted by Gasteiger charge is 2.32. The summed E-state index contributed by atoms with van der Waals surface area (Å²) in [6.07, 6.45) is 2.42. The third-order valence-electron chi connectivity index (χ3n) is 4.91. The summed E-state index contributed by atoms with van der Waals surface area (Å²) in [5, 5.41) is 6.84. The van der Waals surface area contributed by atoms with Gasteiger partial charge >= 0.3 is 0 Å². The second-order valence-electron chi connectivity index (χ2n) is 6.69. The predicted octanol–water partition coefficient (Wildman–Crippen LogP) is 2.16. The number of nitrogens with zero attached hydrogens (tertiary/aromatic N) is 2. The first-order valence-electron chi connectivity index (χ1n) is 8.48. The van der Waals surface area contributed by atoms with Crippen molar-refractivity contribution in [2.75, 3.05) is 23.3 Å². The Balaban J connectivity index is 1.85. The Hall–Kier alpha value is -2.83. The zero-order valence-corrected chi connectivity index (χ0v) is 14.0. The second kappa shape index (κ2) is 5.91. The number of benzene rings is 1. The number of hydrogen-bond acceptors (Lipinski definition) is 5. The van der Waals surface area contributed by atoms with Crippen molar-refractivity contribution in [1.29, 1.82) is 0 Å². The van der Waals surface area contributed by atoms with E-state index in [0.29, 0.717) is 17.0 Å². The lowest BCUT2D eigenvalue weighted by Gasteiger charge is -2.28. The summed E-state index contributed by atoms with van der Waals surface area (Å²) >= 11 is 0. The standard InChI is InChI=1S/C18H20N4O3/c1-10-6-16(25-21-10)12-8-17(23)20-14-9-15(22-4-2-3-5-22)13(18(19)24)7-11(12)14/h6-7,9,12H,2-5,8H2,1H3,(H2,19,24)(H,20,23). The zero-order valence-electron chi connectivity index (χ0n) is 14.0. The first-order valence-corrected chi connectivity index (χ1v) is 8.48. The van der Waals surface area contributed by atoms with E-state index in [1.807, 2.05) is 19.1 Å². The SMILES string of the molecule is Cc1cc(C2CC(=O)Nc3cc(N4CCCC4)c(C(N)=O)cc32)on1. The number of rotatable bonds is 3. The number of aromatic nitrogens is 1. The van der Waals surface area contributed by atoms with Gasteiger partial charge < -0.3 is 20.5 Å². The zero-order chi connectivity index (χ0) is 17.6. The molecule has 1 fully saturated rings. The Bertz CT molecular complexity index is 852. The van der Waals surface area contributed by atoms with Gasteiger partial charge in [0.15, 0.2) is 0 Å². The smallest absolute Gasteiger partial charge is 0.250 e. The monoisotopic (exact) mass is 340 g/mol. The molecule has 3 heterocycles. The van der Waals surface area contributed by atoms with Crippen LogP contribution in [0.5, 0.6) is 0 Å². The van der Waals surface area contributed by atoms with Gasteiger partial charge in [-0.3, -0.25) is 9.59 Å². The molecule has 2 aliphatic rings. The molecule has 25 heavy (non-hydrogen) atoms. The number of anilines is 2. The third-order valence-corrected chi connectivity index (χ3v) is 4.91. The lowest BCUT2D eigenvalue weighted by Crippen LogP contribution is -2.27. The van der Waals surface area contributed by atoms with Crippen LogP contribution < -0.4 is 16.0 Å². The van der Waals surface area contributed by atoms with E-state index in [0.717, 1.165) is 42.9 Å². The minimum Gasteiger partial charge on any atom is -0.371 e. The van der Waals surface area contributed by atoms with Crippen LogP contribution in [0.15, 0.2) is 22.7 Å². The molecular weight excluding hydrogens is 320 g/mol. The number of hydrogen-bond donors (Lipinski definition) is 2. The van der Waals surface area contributed by atoms with Gasteiger partial charge in [0.05, 0.1) is 22.9 Å². The van der Waals surface area contributed by atoms with Gasteiger partial charge in [0.25, 0.3) is 5.91 Å². The molecule has 0 radical (unpaired) electrons. The molecule has 130 valence electrons. The Kier molecular flexibility index (Phi) is 3.71. The van der Waals surface area contributed by atoms with Crippen molar-refractivity contribution in [1.82, 2.24) is 5.16 Å². The van der Waals surface area contributed by atoms with Crippen LogP contribution in [0, 0.1) is 6.92 Å². The number of amides is 2. The average molecular weight is 340 g/mol. The summed E-state index contributed by atoms with van der Waals surface area (Å²) in [4.78, 5) is 26.4. The normalized spacial score (nSPS) is 19.6. The molecular formula is C18H20N4O3. The van der Waals surface area contributed by atoms with E-state index < -0.39 is 5.91 Å². The van der Waals surface area contributed by atoms with E-state index in [9.17, 15) is 9.59 Å². The maximum absolute atomic E-state index is 12.2. The Morgan fingerprint density at radius 1 is 1.32 bits per heavy atom.